The van der Waals surface area contributed by atoms with Gasteiger partial charge in [-0.15, -0.1) is 11.8 Å². The van der Waals surface area contributed by atoms with Crippen molar-refractivity contribution in [2.24, 2.45) is 0 Å². The van der Waals surface area contributed by atoms with Crippen LogP contribution in [0.2, 0.25) is 0 Å². The van der Waals surface area contributed by atoms with Crippen molar-refractivity contribution >= 4 is 17.6 Å². The average Bonchev–Trinajstić information content (AvgIpc) is 2.73. The summed E-state index contributed by atoms with van der Waals surface area (Å²) in [6, 6.07) is 1.87. The molecule has 0 saturated heterocycles. The van der Waals surface area contributed by atoms with Crippen LogP contribution >= 0.6 is 11.8 Å². The minimum Gasteiger partial charge on any atom is -0.363 e. The largest absolute Gasteiger partial charge is 0.363 e. The van der Waals surface area contributed by atoms with E-state index in [1.54, 1.807) is 18.7 Å². The Labute approximate surface area is 96.9 Å². The summed E-state index contributed by atoms with van der Waals surface area (Å²) in [5.74, 6) is 1.92. The van der Waals surface area contributed by atoms with Gasteiger partial charge in [-0.25, -0.2) is 9.97 Å². The van der Waals surface area contributed by atoms with Gasteiger partial charge >= 0.3 is 0 Å². The molecule has 0 aromatic carbocycles. The lowest BCUT2D eigenvalue weighted by atomic mass is 10.5. The van der Waals surface area contributed by atoms with Crippen LogP contribution in [0.1, 0.15) is 11.7 Å². The summed E-state index contributed by atoms with van der Waals surface area (Å²) in [5, 5.41) is 7.79. The zero-order chi connectivity index (χ0) is 11.4. The summed E-state index contributed by atoms with van der Waals surface area (Å²) in [5.41, 5.74) is 0. The van der Waals surface area contributed by atoms with E-state index in [0.29, 0.717) is 18.3 Å². The fraction of sp³-hybridized carbons (Fsp3) is 0.333. The zero-order valence-electron chi connectivity index (χ0n) is 8.97. The van der Waals surface area contributed by atoms with Crippen LogP contribution in [0.25, 0.3) is 0 Å². The van der Waals surface area contributed by atoms with Gasteiger partial charge in [0.1, 0.15) is 17.2 Å². The van der Waals surface area contributed by atoms with E-state index in [9.17, 15) is 0 Å². The molecule has 0 saturated carbocycles. The second-order valence-electron chi connectivity index (χ2n) is 3.03. The first kappa shape index (κ1) is 10.9. The topological polar surface area (TPSA) is 76.7 Å². The Kier molecular flexibility index (Phi) is 3.35. The molecule has 16 heavy (non-hydrogen) atoms. The molecule has 0 atom stereocenters. The molecule has 0 bridgehead atoms. The Bertz CT molecular complexity index is 472. The van der Waals surface area contributed by atoms with E-state index in [2.05, 4.69) is 25.4 Å². The van der Waals surface area contributed by atoms with Gasteiger partial charge in [-0.2, -0.15) is 4.98 Å². The van der Waals surface area contributed by atoms with E-state index in [4.69, 9.17) is 4.52 Å². The van der Waals surface area contributed by atoms with Gasteiger partial charge in [0.15, 0.2) is 5.82 Å². The van der Waals surface area contributed by atoms with Crippen LogP contribution < -0.4 is 5.32 Å². The van der Waals surface area contributed by atoms with Crippen molar-refractivity contribution < 1.29 is 4.52 Å². The molecule has 2 rings (SSSR count). The Balaban J connectivity index is 1.99. The summed E-state index contributed by atoms with van der Waals surface area (Å²) in [6.07, 6.45) is 3.49. The molecule has 0 spiro atoms. The molecule has 6 nitrogen and oxygen atoms in total. The number of aryl methyl sites for hydroxylation is 1. The Morgan fingerprint density at radius 1 is 1.44 bits per heavy atom. The third kappa shape index (κ3) is 2.69. The number of hydrogen-bond acceptors (Lipinski definition) is 7. The zero-order valence-corrected chi connectivity index (χ0v) is 9.78. The molecule has 0 fully saturated rings. The molecule has 2 aromatic heterocycles. The molecule has 0 radical (unpaired) electrons. The Morgan fingerprint density at radius 3 is 3.00 bits per heavy atom. The molecule has 0 unspecified atom stereocenters. The third-order valence-electron chi connectivity index (χ3n) is 1.85. The molecule has 2 heterocycles. The van der Waals surface area contributed by atoms with Crippen LogP contribution in [0, 0.1) is 6.92 Å². The maximum Gasteiger partial charge on any atom is 0.223 e. The first-order chi connectivity index (χ1) is 7.78. The first-order valence-electron chi connectivity index (χ1n) is 4.67. The van der Waals surface area contributed by atoms with Crippen molar-refractivity contribution in [3.05, 3.63) is 24.1 Å². The lowest BCUT2D eigenvalue weighted by Gasteiger charge is -2.02. The number of anilines is 1. The normalized spacial score (nSPS) is 10.4. The molecular weight excluding hydrogens is 226 g/mol. The van der Waals surface area contributed by atoms with Gasteiger partial charge in [-0.3, -0.25) is 0 Å². The van der Waals surface area contributed by atoms with Gasteiger partial charge in [0.05, 0.1) is 6.54 Å². The molecule has 1 N–H and O–H groups in total. The lowest BCUT2D eigenvalue weighted by molar-refractivity contribution is 0.388. The number of nitrogens with one attached hydrogen (secondary N) is 1. The predicted octanol–water partition coefficient (Wildman–Crippen LogP) is 1.50. The minimum atomic E-state index is 0.488. The summed E-state index contributed by atoms with van der Waals surface area (Å²) in [4.78, 5) is 12.2. The van der Waals surface area contributed by atoms with Gasteiger partial charge < -0.3 is 9.84 Å². The number of aromatic nitrogens is 4. The summed E-state index contributed by atoms with van der Waals surface area (Å²) >= 11 is 1.57. The van der Waals surface area contributed by atoms with Gasteiger partial charge in [-0.1, -0.05) is 5.16 Å². The second-order valence-corrected chi connectivity index (χ2v) is 3.86. The smallest absolute Gasteiger partial charge is 0.223 e. The molecule has 7 heteroatoms. The quantitative estimate of drug-likeness (QED) is 0.637. The van der Waals surface area contributed by atoms with Crippen molar-refractivity contribution in [2.45, 2.75) is 18.5 Å². The van der Waals surface area contributed by atoms with Crippen LogP contribution in [0.4, 0.5) is 5.82 Å². The maximum atomic E-state index is 4.86. The van der Waals surface area contributed by atoms with Crippen molar-refractivity contribution in [3.63, 3.8) is 0 Å². The Hall–Kier alpha value is -1.63. The highest BCUT2D eigenvalue weighted by molar-refractivity contribution is 7.98. The Morgan fingerprint density at radius 2 is 2.31 bits per heavy atom. The highest BCUT2D eigenvalue weighted by Gasteiger charge is 2.02. The fourth-order valence-electron chi connectivity index (χ4n) is 1.13. The number of rotatable bonds is 4. The van der Waals surface area contributed by atoms with E-state index in [1.165, 1.54) is 6.33 Å². The predicted molar refractivity (Wildman–Crippen MR) is 60.2 cm³/mol. The molecule has 84 valence electrons. The summed E-state index contributed by atoms with van der Waals surface area (Å²) < 4.78 is 4.86. The molecule has 0 aliphatic carbocycles. The number of hydrogen-bond donors (Lipinski definition) is 1. The van der Waals surface area contributed by atoms with E-state index >= 15 is 0 Å². The van der Waals surface area contributed by atoms with Crippen molar-refractivity contribution in [2.75, 3.05) is 11.6 Å². The van der Waals surface area contributed by atoms with Gasteiger partial charge in [0.2, 0.25) is 5.89 Å². The molecular formula is C9H11N5OS. The molecule has 0 aliphatic rings. The van der Waals surface area contributed by atoms with Gasteiger partial charge in [0.25, 0.3) is 0 Å². The highest BCUT2D eigenvalue weighted by atomic mass is 32.2. The van der Waals surface area contributed by atoms with Crippen LogP contribution in [0.3, 0.4) is 0 Å². The maximum absolute atomic E-state index is 4.86. The van der Waals surface area contributed by atoms with E-state index in [-0.39, 0.29) is 0 Å². The van der Waals surface area contributed by atoms with Crippen molar-refractivity contribution in [1.29, 1.82) is 0 Å². The van der Waals surface area contributed by atoms with Crippen LogP contribution in [-0.2, 0) is 6.54 Å². The summed E-state index contributed by atoms with van der Waals surface area (Å²) in [7, 11) is 0. The number of thioether (sulfide) groups is 1. The summed E-state index contributed by atoms with van der Waals surface area (Å²) in [6.45, 7) is 2.25. The van der Waals surface area contributed by atoms with Crippen LogP contribution in [0.5, 0.6) is 0 Å². The van der Waals surface area contributed by atoms with Gasteiger partial charge in [-0.05, 0) is 6.26 Å². The third-order valence-corrected chi connectivity index (χ3v) is 2.49. The second kappa shape index (κ2) is 4.93. The molecule has 0 aliphatic heterocycles. The minimum absolute atomic E-state index is 0.488. The van der Waals surface area contributed by atoms with Crippen LogP contribution in [0.15, 0.2) is 21.9 Å². The number of nitrogens with zero attached hydrogens (tertiary/aromatic N) is 4. The van der Waals surface area contributed by atoms with Crippen LogP contribution in [-0.4, -0.2) is 26.4 Å². The van der Waals surface area contributed by atoms with Crippen molar-refractivity contribution in [1.82, 2.24) is 20.1 Å². The standard InChI is InChI=1S/C9H11N5OS/c1-6-13-8(14-15-6)4-10-7-3-9(16-2)12-5-11-7/h3,5H,4H2,1-2H3,(H,10,11,12). The monoisotopic (exact) mass is 237 g/mol. The average molecular weight is 237 g/mol. The van der Waals surface area contributed by atoms with E-state index < -0.39 is 0 Å². The molecule has 2 aromatic rings. The molecule has 0 amide bonds. The first-order valence-corrected chi connectivity index (χ1v) is 5.89. The van der Waals surface area contributed by atoms with Gasteiger partial charge in [0, 0.05) is 13.0 Å². The van der Waals surface area contributed by atoms with Crippen molar-refractivity contribution in [3.8, 4) is 0 Å². The van der Waals surface area contributed by atoms with E-state index in [1.807, 2.05) is 12.3 Å². The lowest BCUT2D eigenvalue weighted by Crippen LogP contribution is -2.03. The van der Waals surface area contributed by atoms with E-state index in [0.717, 1.165) is 10.8 Å². The fourth-order valence-corrected chi connectivity index (χ4v) is 1.51. The highest BCUT2D eigenvalue weighted by Crippen LogP contribution is 2.13. The SMILES string of the molecule is CSc1cc(NCc2noc(C)n2)ncn1.